The van der Waals surface area contributed by atoms with Crippen LogP contribution in [0.2, 0.25) is 0 Å². The third kappa shape index (κ3) is 3.50. The minimum atomic E-state index is -0.754. The molecule has 2 heterocycles. The van der Waals surface area contributed by atoms with Crippen molar-refractivity contribution in [2.45, 2.75) is 50.5 Å². The van der Waals surface area contributed by atoms with E-state index in [1.807, 2.05) is 0 Å². The van der Waals surface area contributed by atoms with E-state index in [4.69, 9.17) is 10.7 Å². The topological polar surface area (TPSA) is 61.9 Å². The molecule has 2 aromatic rings. The Morgan fingerprint density at radius 2 is 1.77 bits per heavy atom. The van der Waals surface area contributed by atoms with E-state index >= 15 is 0 Å². The van der Waals surface area contributed by atoms with E-state index in [0.29, 0.717) is 11.8 Å². The van der Waals surface area contributed by atoms with Gasteiger partial charge in [0.15, 0.2) is 5.96 Å². The Balaban J connectivity index is 1.57. The lowest BCUT2D eigenvalue weighted by Crippen LogP contribution is -2.52. The number of anilines is 1. The van der Waals surface area contributed by atoms with Gasteiger partial charge in [-0.3, -0.25) is 9.69 Å². The highest BCUT2D eigenvalue weighted by Crippen LogP contribution is 2.46. The standard InChI is InChI=1S/C26H32N4O/c1-17-13-14-30(16-17)22-6-4-5-21(15-22)26(2)23(24(31)29(3)25(27)28-26)20-11-9-19(10-12-20)18-7-8-18/h4-6,9-12,15,17-18,23H,7-8,13-14,16H2,1-3H3,(H2,27,28)/t17-,23-,26+/m0/s1. The zero-order valence-electron chi connectivity index (χ0n) is 18.7. The van der Waals surface area contributed by atoms with Crippen LogP contribution in [0, 0.1) is 5.92 Å². The molecule has 1 aliphatic carbocycles. The molecule has 5 heteroatoms. The molecular formula is C26H32N4O. The fraction of sp³-hybridized carbons (Fsp3) is 0.462. The Hall–Kier alpha value is -2.82. The van der Waals surface area contributed by atoms with Crippen molar-refractivity contribution in [1.29, 1.82) is 0 Å². The van der Waals surface area contributed by atoms with Gasteiger partial charge in [0, 0.05) is 25.8 Å². The number of rotatable bonds is 4. The Kier molecular flexibility index (Phi) is 4.80. The predicted octanol–water partition coefficient (Wildman–Crippen LogP) is 4.20. The molecule has 0 unspecified atom stereocenters. The molecule has 2 N–H and O–H groups in total. The van der Waals surface area contributed by atoms with Crippen LogP contribution in [0.15, 0.2) is 53.5 Å². The van der Waals surface area contributed by atoms with Crippen LogP contribution in [0.4, 0.5) is 5.69 Å². The van der Waals surface area contributed by atoms with Crippen LogP contribution in [0.5, 0.6) is 0 Å². The number of likely N-dealkylation sites (N-methyl/N-ethyl adjacent to an activating group) is 1. The van der Waals surface area contributed by atoms with E-state index in [-0.39, 0.29) is 11.9 Å². The van der Waals surface area contributed by atoms with Gasteiger partial charge in [-0.1, -0.05) is 43.3 Å². The molecule has 0 radical (unpaired) electrons. The predicted molar refractivity (Wildman–Crippen MR) is 125 cm³/mol. The second-order valence-electron chi connectivity index (χ2n) is 9.78. The van der Waals surface area contributed by atoms with E-state index in [1.165, 1.54) is 35.4 Å². The first-order valence-corrected chi connectivity index (χ1v) is 11.4. The zero-order chi connectivity index (χ0) is 21.8. The Morgan fingerprint density at radius 1 is 1.06 bits per heavy atom. The van der Waals surface area contributed by atoms with E-state index in [2.05, 4.69) is 67.3 Å². The molecule has 0 aromatic heterocycles. The average molecular weight is 417 g/mol. The number of guanidine groups is 1. The number of benzene rings is 2. The van der Waals surface area contributed by atoms with Crippen molar-refractivity contribution < 1.29 is 4.79 Å². The first-order valence-electron chi connectivity index (χ1n) is 11.4. The third-order valence-corrected chi connectivity index (χ3v) is 7.37. The molecule has 162 valence electrons. The van der Waals surface area contributed by atoms with Crippen molar-refractivity contribution in [3.05, 3.63) is 65.2 Å². The number of nitrogens with zero attached hydrogens (tertiary/aromatic N) is 3. The number of carbonyl (C=O) groups excluding carboxylic acids is 1. The van der Waals surface area contributed by atoms with Gasteiger partial charge >= 0.3 is 0 Å². The quantitative estimate of drug-likeness (QED) is 0.813. The number of nitrogens with two attached hydrogens (primary N) is 1. The van der Waals surface area contributed by atoms with E-state index in [9.17, 15) is 4.79 Å². The first-order chi connectivity index (χ1) is 14.9. The molecule has 5 rings (SSSR count). The van der Waals surface area contributed by atoms with Gasteiger partial charge < -0.3 is 10.6 Å². The Bertz CT molecular complexity index is 1030. The van der Waals surface area contributed by atoms with Crippen LogP contribution in [0.1, 0.15) is 61.6 Å². The molecule has 1 amide bonds. The second kappa shape index (κ2) is 7.40. The molecule has 2 fully saturated rings. The molecule has 5 nitrogen and oxygen atoms in total. The maximum atomic E-state index is 13.5. The summed E-state index contributed by atoms with van der Waals surface area (Å²) in [4.78, 5) is 22.3. The van der Waals surface area contributed by atoms with Gasteiger partial charge in [-0.25, -0.2) is 4.99 Å². The number of hydrogen-bond acceptors (Lipinski definition) is 4. The molecule has 1 saturated heterocycles. The summed E-state index contributed by atoms with van der Waals surface area (Å²) in [7, 11) is 1.72. The molecule has 2 aromatic carbocycles. The Morgan fingerprint density at radius 3 is 2.42 bits per heavy atom. The maximum absolute atomic E-state index is 13.5. The molecule has 3 atom stereocenters. The lowest BCUT2D eigenvalue weighted by molar-refractivity contribution is -0.130. The molecular weight excluding hydrogens is 384 g/mol. The van der Waals surface area contributed by atoms with Gasteiger partial charge in [-0.2, -0.15) is 0 Å². The fourth-order valence-corrected chi connectivity index (χ4v) is 5.19. The number of aliphatic imine (C=N–C) groups is 1. The third-order valence-electron chi connectivity index (χ3n) is 7.37. The smallest absolute Gasteiger partial charge is 0.239 e. The summed E-state index contributed by atoms with van der Waals surface area (Å²) >= 11 is 0. The number of hydrogen-bond donors (Lipinski definition) is 1. The van der Waals surface area contributed by atoms with Crippen LogP contribution in [0.25, 0.3) is 0 Å². The molecule has 0 spiro atoms. The largest absolute Gasteiger partial charge is 0.371 e. The minimum absolute atomic E-state index is 0.00521. The molecule has 2 aliphatic heterocycles. The van der Waals surface area contributed by atoms with Crippen LogP contribution in [-0.2, 0) is 10.3 Å². The van der Waals surface area contributed by atoms with Gasteiger partial charge in [0.25, 0.3) is 0 Å². The zero-order valence-corrected chi connectivity index (χ0v) is 18.7. The Labute approximate surface area is 184 Å². The van der Waals surface area contributed by atoms with Crippen molar-refractivity contribution in [2.24, 2.45) is 16.6 Å². The molecule has 3 aliphatic rings. The van der Waals surface area contributed by atoms with Crippen molar-refractivity contribution >= 4 is 17.6 Å². The molecule has 31 heavy (non-hydrogen) atoms. The van der Waals surface area contributed by atoms with Crippen LogP contribution in [0.3, 0.4) is 0 Å². The summed E-state index contributed by atoms with van der Waals surface area (Å²) in [5.41, 5.74) is 10.1. The van der Waals surface area contributed by atoms with E-state index in [1.54, 1.807) is 7.05 Å². The van der Waals surface area contributed by atoms with Crippen molar-refractivity contribution in [2.75, 3.05) is 25.0 Å². The lowest BCUT2D eigenvalue weighted by Gasteiger charge is -2.41. The van der Waals surface area contributed by atoms with Gasteiger partial charge in [0.1, 0.15) is 5.54 Å². The van der Waals surface area contributed by atoms with Crippen molar-refractivity contribution in [3.63, 3.8) is 0 Å². The van der Waals surface area contributed by atoms with Gasteiger partial charge in [0.2, 0.25) is 5.91 Å². The van der Waals surface area contributed by atoms with E-state index in [0.717, 1.165) is 24.2 Å². The molecule has 0 bridgehead atoms. The fourth-order valence-electron chi connectivity index (χ4n) is 5.19. The number of amides is 1. The summed E-state index contributed by atoms with van der Waals surface area (Å²) < 4.78 is 0. The maximum Gasteiger partial charge on any atom is 0.239 e. The van der Waals surface area contributed by atoms with E-state index < -0.39 is 11.5 Å². The monoisotopic (exact) mass is 416 g/mol. The van der Waals surface area contributed by atoms with Gasteiger partial charge in [0.05, 0.1) is 5.92 Å². The van der Waals surface area contributed by atoms with Crippen molar-refractivity contribution in [1.82, 2.24) is 4.90 Å². The number of carbonyl (C=O) groups is 1. The summed E-state index contributed by atoms with van der Waals surface area (Å²) in [6.45, 7) is 6.49. The summed E-state index contributed by atoms with van der Waals surface area (Å²) in [6, 6.07) is 17.1. The first kappa shape index (κ1) is 20.1. The normalized spacial score (nSPS) is 28.7. The summed E-state index contributed by atoms with van der Waals surface area (Å²) in [5.74, 6) is 1.26. The highest BCUT2D eigenvalue weighted by atomic mass is 16.2. The van der Waals surface area contributed by atoms with Gasteiger partial charge in [-0.05, 0) is 66.8 Å². The molecule has 1 saturated carbocycles. The van der Waals surface area contributed by atoms with Crippen LogP contribution >= 0.6 is 0 Å². The minimum Gasteiger partial charge on any atom is -0.371 e. The lowest BCUT2D eigenvalue weighted by atomic mass is 9.74. The van der Waals surface area contributed by atoms with Crippen molar-refractivity contribution in [3.8, 4) is 0 Å². The summed E-state index contributed by atoms with van der Waals surface area (Å²) in [6.07, 6.45) is 3.75. The van der Waals surface area contributed by atoms with Crippen LogP contribution in [-0.4, -0.2) is 36.9 Å². The highest BCUT2D eigenvalue weighted by molar-refractivity contribution is 6.02. The highest BCUT2D eigenvalue weighted by Gasteiger charge is 2.47. The van der Waals surface area contributed by atoms with Gasteiger partial charge in [-0.15, -0.1) is 0 Å². The SMILES string of the molecule is C[C@H]1CCN(c2cccc([C@@]3(C)N=C(N)N(C)C(=O)[C@@H]3c3ccc(C4CC4)cc3)c2)C1. The summed E-state index contributed by atoms with van der Waals surface area (Å²) in [5, 5.41) is 0. The average Bonchev–Trinajstić information content (AvgIpc) is 3.53. The second-order valence-corrected chi connectivity index (χ2v) is 9.78. The van der Waals surface area contributed by atoms with Crippen LogP contribution < -0.4 is 10.6 Å².